The molecule has 0 aliphatic rings. The molecule has 0 bridgehead atoms. The Labute approximate surface area is 55.3 Å². The zero-order valence-electron chi connectivity index (χ0n) is 5.59. The highest BCUT2D eigenvalue weighted by Crippen LogP contribution is 1.95. The second-order valence-electron chi connectivity index (χ2n) is 1.83. The van der Waals surface area contributed by atoms with Gasteiger partial charge in [0, 0.05) is 6.20 Å². The Morgan fingerprint density at radius 1 is 1.67 bits per heavy atom. The van der Waals surface area contributed by atoms with Crippen LogP contribution in [0.1, 0.15) is 0 Å². The molecule has 0 aliphatic carbocycles. The number of rotatable bonds is 1. The minimum Gasteiger partial charge on any atom is -0.481 e. The largest absolute Gasteiger partial charge is 0.481 e. The van der Waals surface area contributed by atoms with Crippen molar-refractivity contribution in [3.05, 3.63) is 18.3 Å². The van der Waals surface area contributed by atoms with Crippen molar-refractivity contribution in [3.8, 4) is 5.88 Å². The van der Waals surface area contributed by atoms with Gasteiger partial charge in [0.15, 0.2) is 0 Å². The molecular formula is C6H8BNO. The normalized spacial score (nSPS) is 9.00. The van der Waals surface area contributed by atoms with E-state index in [9.17, 15) is 0 Å². The van der Waals surface area contributed by atoms with Crippen LogP contribution in [0.4, 0.5) is 0 Å². The van der Waals surface area contributed by atoms with Gasteiger partial charge < -0.3 is 4.74 Å². The Hall–Kier alpha value is -0.985. The molecule has 0 N–H and O–H groups in total. The van der Waals surface area contributed by atoms with Gasteiger partial charge in [-0.15, -0.1) is 0 Å². The van der Waals surface area contributed by atoms with E-state index in [0.717, 1.165) is 5.46 Å². The fourth-order valence-corrected chi connectivity index (χ4v) is 0.685. The molecular weight excluding hydrogens is 113 g/mol. The third-order valence-corrected chi connectivity index (χ3v) is 1.15. The van der Waals surface area contributed by atoms with Crippen molar-refractivity contribution < 1.29 is 4.74 Å². The van der Waals surface area contributed by atoms with Gasteiger partial charge in [0.25, 0.3) is 0 Å². The number of nitrogens with zero attached hydrogens (tertiary/aromatic N) is 1. The van der Waals surface area contributed by atoms with Crippen molar-refractivity contribution in [1.29, 1.82) is 0 Å². The number of hydrogen-bond donors (Lipinski definition) is 0. The summed E-state index contributed by atoms with van der Waals surface area (Å²) in [4.78, 5) is 3.97. The van der Waals surface area contributed by atoms with Crippen molar-refractivity contribution in [1.82, 2.24) is 4.98 Å². The van der Waals surface area contributed by atoms with Crippen LogP contribution in [-0.4, -0.2) is 19.9 Å². The number of ether oxygens (including phenoxy) is 1. The SMILES string of the molecule is Bc1cccnc1OC. The smallest absolute Gasteiger partial charge is 0.206 e. The molecule has 2 nitrogen and oxygen atoms in total. The van der Waals surface area contributed by atoms with Crippen LogP contribution in [0.5, 0.6) is 5.88 Å². The van der Waals surface area contributed by atoms with E-state index in [1.165, 1.54) is 0 Å². The lowest BCUT2D eigenvalue weighted by atomic mass is 9.98. The van der Waals surface area contributed by atoms with Crippen molar-refractivity contribution in [2.45, 2.75) is 0 Å². The number of hydrogen-bond acceptors (Lipinski definition) is 2. The molecule has 3 heteroatoms. The summed E-state index contributed by atoms with van der Waals surface area (Å²) < 4.78 is 4.93. The first-order valence-electron chi connectivity index (χ1n) is 2.80. The van der Waals surface area contributed by atoms with E-state index in [0.29, 0.717) is 5.88 Å². The second-order valence-corrected chi connectivity index (χ2v) is 1.83. The molecule has 0 saturated carbocycles. The van der Waals surface area contributed by atoms with Gasteiger partial charge in [-0.2, -0.15) is 0 Å². The molecule has 0 fully saturated rings. The maximum atomic E-state index is 4.93. The van der Waals surface area contributed by atoms with Crippen LogP contribution < -0.4 is 10.2 Å². The third-order valence-electron chi connectivity index (χ3n) is 1.15. The predicted molar refractivity (Wildman–Crippen MR) is 39.0 cm³/mol. The highest BCUT2D eigenvalue weighted by molar-refractivity contribution is 6.33. The van der Waals surface area contributed by atoms with Crippen molar-refractivity contribution in [3.63, 3.8) is 0 Å². The van der Waals surface area contributed by atoms with Crippen LogP contribution in [0.15, 0.2) is 18.3 Å². The summed E-state index contributed by atoms with van der Waals surface area (Å²) in [7, 11) is 3.58. The first kappa shape index (κ1) is 6.14. The number of pyridine rings is 1. The monoisotopic (exact) mass is 121 g/mol. The molecule has 1 aromatic heterocycles. The van der Waals surface area contributed by atoms with Crippen LogP contribution in [0.3, 0.4) is 0 Å². The molecule has 0 amide bonds. The summed E-state index contributed by atoms with van der Waals surface area (Å²) in [6.45, 7) is 0. The molecule has 1 rings (SSSR count). The Morgan fingerprint density at radius 3 is 2.89 bits per heavy atom. The summed E-state index contributed by atoms with van der Waals surface area (Å²) >= 11 is 0. The predicted octanol–water partition coefficient (Wildman–Crippen LogP) is -0.651. The van der Waals surface area contributed by atoms with Gasteiger partial charge in [0.2, 0.25) is 5.88 Å². The lowest BCUT2D eigenvalue weighted by Crippen LogP contribution is -2.07. The van der Waals surface area contributed by atoms with Crippen molar-refractivity contribution >= 4 is 13.3 Å². The van der Waals surface area contributed by atoms with Gasteiger partial charge in [0.1, 0.15) is 7.85 Å². The molecule has 0 unspecified atom stereocenters. The van der Waals surface area contributed by atoms with Crippen LogP contribution >= 0.6 is 0 Å². The van der Waals surface area contributed by atoms with Crippen LogP contribution in [0.2, 0.25) is 0 Å². The van der Waals surface area contributed by atoms with E-state index in [4.69, 9.17) is 4.74 Å². The zero-order valence-corrected chi connectivity index (χ0v) is 5.59. The van der Waals surface area contributed by atoms with Gasteiger partial charge >= 0.3 is 0 Å². The molecule has 0 atom stereocenters. The number of methoxy groups -OCH3 is 1. The van der Waals surface area contributed by atoms with E-state index in [-0.39, 0.29) is 0 Å². The minimum atomic E-state index is 0.706. The molecule has 0 radical (unpaired) electrons. The first-order chi connectivity index (χ1) is 4.34. The third kappa shape index (κ3) is 1.22. The maximum Gasteiger partial charge on any atom is 0.206 e. The molecule has 1 aromatic rings. The van der Waals surface area contributed by atoms with Crippen molar-refractivity contribution in [2.24, 2.45) is 0 Å². The summed E-state index contributed by atoms with van der Waals surface area (Å²) in [6, 6.07) is 3.85. The average molecular weight is 121 g/mol. The van der Waals surface area contributed by atoms with E-state index in [1.54, 1.807) is 13.3 Å². The van der Waals surface area contributed by atoms with Gasteiger partial charge in [-0.25, -0.2) is 4.98 Å². The summed E-state index contributed by atoms with van der Waals surface area (Å²) in [5.74, 6) is 0.706. The highest BCUT2D eigenvalue weighted by Gasteiger charge is 1.92. The summed E-state index contributed by atoms with van der Waals surface area (Å²) in [5.41, 5.74) is 1.07. The Balaban J connectivity index is 3.01. The molecule has 0 aromatic carbocycles. The quantitative estimate of drug-likeness (QED) is 0.460. The summed E-state index contributed by atoms with van der Waals surface area (Å²) in [5, 5.41) is 0. The van der Waals surface area contributed by atoms with Gasteiger partial charge in [-0.3, -0.25) is 0 Å². The Bertz CT molecular complexity index is 202. The fraction of sp³-hybridized carbons (Fsp3) is 0.167. The lowest BCUT2D eigenvalue weighted by molar-refractivity contribution is 0.401. The second kappa shape index (κ2) is 2.53. The maximum absolute atomic E-state index is 4.93. The van der Waals surface area contributed by atoms with Gasteiger partial charge in [0.05, 0.1) is 7.11 Å². The topological polar surface area (TPSA) is 22.1 Å². The first-order valence-corrected chi connectivity index (χ1v) is 2.80. The molecule has 0 aliphatic heterocycles. The molecule has 9 heavy (non-hydrogen) atoms. The average Bonchev–Trinajstić information content (AvgIpc) is 1.89. The highest BCUT2D eigenvalue weighted by atomic mass is 16.5. The molecule has 1 heterocycles. The van der Waals surface area contributed by atoms with E-state index in [1.807, 2.05) is 20.0 Å². The van der Waals surface area contributed by atoms with Gasteiger partial charge in [-0.05, 0) is 11.5 Å². The minimum absolute atomic E-state index is 0.706. The van der Waals surface area contributed by atoms with E-state index >= 15 is 0 Å². The molecule has 46 valence electrons. The fourth-order valence-electron chi connectivity index (χ4n) is 0.685. The van der Waals surface area contributed by atoms with E-state index < -0.39 is 0 Å². The van der Waals surface area contributed by atoms with Crippen LogP contribution in [0.25, 0.3) is 0 Å². The standard InChI is InChI=1S/C6H8BNO/c1-9-6-5(7)3-2-4-8-6/h2-4H,7H2,1H3. The van der Waals surface area contributed by atoms with E-state index in [2.05, 4.69) is 4.98 Å². The zero-order chi connectivity index (χ0) is 6.69. The number of aromatic nitrogens is 1. The van der Waals surface area contributed by atoms with Crippen LogP contribution in [0, 0.1) is 0 Å². The van der Waals surface area contributed by atoms with Gasteiger partial charge in [-0.1, -0.05) is 6.07 Å². The van der Waals surface area contributed by atoms with Crippen molar-refractivity contribution in [2.75, 3.05) is 7.11 Å². The lowest BCUT2D eigenvalue weighted by Gasteiger charge is -1.99. The van der Waals surface area contributed by atoms with Crippen LogP contribution in [-0.2, 0) is 0 Å². The molecule has 0 saturated heterocycles. The Kier molecular flexibility index (Phi) is 1.73. The Morgan fingerprint density at radius 2 is 2.44 bits per heavy atom. The molecule has 0 spiro atoms. The summed E-state index contributed by atoms with van der Waals surface area (Å²) in [6.07, 6.45) is 1.71.